The Hall–Kier alpha value is -3.13. The van der Waals surface area contributed by atoms with Gasteiger partial charge in [-0.1, -0.05) is 48.5 Å². The summed E-state index contributed by atoms with van der Waals surface area (Å²) in [6.07, 6.45) is 4.97. The molecule has 0 aliphatic rings. The van der Waals surface area contributed by atoms with E-state index in [1.54, 1.807) is 18.2 Å². The van der Waals surface area contributed by atoms with Gasteiger partial charge in [0, 0.05) is 0 Å². The highest BCUT2D eigenvalue weighted by Gasteiger charge is 2.07. The molecule has 4 rings (SSSR count). The molecule has 110 valence electrons. The number of allylic oxidation sites excluding steroid dienone is 1. The minimum Gasteiger partial charge on any atom is -0.461 e. The van der Waals surface area contributed by atoms with Crippen LogP contribution in [0.1, 0.15) is 16.1 Å². The van der Waals surface area contributed by atoms with Crippen molar-refractivity contribution in [2.45, 2.75) is 0 Å². The zero-order valence-electron chi connectivity index (χ0n) is 12.4. The molecule has 4 aromatic rings. The molecule has 0 aliphatic carbocycles. The first-order valence-electron chi connectivity index (χ1n) is 7.49. The van der Waals surface area contributed by atoms with Crippen LogP contribution in [0, 0.1) is 0 Å². The summed E-state index contributed by atoms with van der Waals surface area (Å²) < 4.78 is 5.16. The molecule has 2 heteroatoms. The van der Waals surface area contributed by atoms with Crippen LogP contribution in [0.5, 0.6) is 0 Å². The second-order valence-electron chi connectivity index (χ2n) is 5.41. The molecule has 0 aliphatic heterocycles. The number of fused-ring (bicyclic) bond motifs is 2. The minimum absolute atomic E-state index is 0.132. The number of benzene rings is 3. The van der Waals surface area contributed by atoms with Crippen LogP contribution in [0.25, 0.3) is 27.6 Å². The topological polar surface area (TPSA) is 30.2 Å². The van der Waals surface area contributed by atoms with Gasteiger partial charge in [0.05, 0.1) is 6.26 Å². The van der Waals surface area contributed by atoms with Crippen molar-refractivity contribution in [3.63, 3.8) is 0 Å². The summed E-state index contributed by atoms with van der Waals surface area (Å²) in [4.78, 5) is 12.2. The Balaban J connectivity index is 1.91. The van der Waals surface area contributed by atoms with Gasteiger partial charge in [-0.2, -0.15) is 0 Å². The first-order chi connectivity index (χ1) is 11.3. The third-order valence-corrected chi connectivity index (χ3v) is 3.98. The largest absolute Gasteiger partial charge is 0.461 e. The lowest BCUT2D eigenvalue weighted by Crippen LogP contribution is -1.91. The van der Waals surface area contributed by atoms with E-state index in [-0.39, 0.29) is 5.78 Å². The predicted octanol–water partition coefficient (Wildman–Crippen LogP) is 5.48. The van der Waals surface area contributed by atoms with Crippen molar-refractivity contribution >= 4 is 33.4 Å². The zero-order chi connectivity index (χ0) is 15.6. The van der Waals surface area contributed by atoms with E-state index in [1.807, 2.05) is 30.3 Å². The fraction of sp³-hybridized carbons (Fsp3) is 0. The van der Waals surface area contributed by atoms with Crippen molar-refractivity contribution in [1.82, 2.24) is 0 Å². The molecule has 1 aromatic heterocycles. The lowest BCUT2D eigenvalue weighted by molar-refractivity contribution is 0.102. The maximum absolute atomic E-state index is 12.2. The molecule has 0 saturated carbocycles. The summed E-state index contributed by atoms with van der Waals surface area (Å²) in [5.41, 5.74) is 1.05. The highest BCUT2D eigenvalue weighted by Crippen LogP contribution is 2.29. The maximum atomic E-state index is 12.2. The molecular weight excluding hydrogens is 284 g/mol. The normalized spacial score (nSPS) is 11.5. The molecule has 1 heterocycles. The molecule has 0 unspecified atom stereocenters. The summed E-state index contributed by atoms with van der Waals surface area (Å²) in [7, 11) is 0. The maximum Gasteiger partial charge on any atom is 0.221 e. The molecule has 0 N–H and O–H groups in total. The zero-order valence-corrected chi connectivity index (χ0v) is 12.4. The van der Waals surface area contributed by atoms with Gasteiger partial charge >= 0.3 is 0 Å². The number of furan rings is 1. The molecule has 0 saturated heterocycles. The van der Waals surface area contributed by atoms with Gasteiger partial charge in [-0.25, -0.2) is 0 Å². The van der Waals surface area contributed by atoms with Crippen molar-refractivity contribution in [3.8, 4) is 0 Å². The Morgan fingerprint density at radius 1 is 0.826 bits per heavy atom. The van der Waals surface area contributed by atoms with E-state index in [4.69, 9.17) is 4.42 Å². The fourth-order valence-electron chi connectivity index (χ4n) is 2.89. The van der Waals surface area contributed by atoms with Crippen molar-refractivity contribution in [3.05, 3.63) is 90.4 Å². The van der Waals surface area contributed by atoms with Crippen LogP contribution in [-0.4, -0.2) is 5.78 Å². The number of ketones is 1. The van der Waals surface area contributed by atoms with E-state index >= 15 is 0 Å². The van der Waals surface area contributed by atoms with Crippen molar-refractivity contribution < 1.29 is 9.21 Å². The monoisotopic (exact) mass is 298 g/mol. The van der Waals surface area contributed by atoms with Crippen LogP contribution >= 0.6 is 0 Å². The van der Waals surface area contributed by atoms with E-state index in [9.17, 15) is 4.79 Å². The highest BCUT2D eigenvalue weighted by atomic mass is 16.3. The smallest absolute Gasteiger partial charge is 0.221 e. The molecule has 23 heavy (non-hydrogen) atoms. The first-order valence-corrected chi connectivity index (χ1v) is 7.49. The van der Waals surface area contributed by atoms with Crippen molar-refractivity contribution in [1.29, 1.82) is 0 Å². The van der Waals surface area contributed by atoms with Gasteiger partial charge in [0.15, 0.2) is 5.76 Å². The summed E-state index contributed by atoms with van der Waals surface area (Å²) in [5.74, 6) is 0.220. The van der Waals surface area contributed by atoms with Crippen LogP contribution in [-0.2, 0) is 0 Å². The van der Waals surface area contributed by atoms with Crippen LogP contribution < -0.4 is 0 Å². The molecular formula is C21H14O2. The third kappa shape index (κ3) is 2.44. The second kappa shape index (κ2) is 5.58. The third-order valence-electron chi connectivity index (χ3n) is 3.98. The lowest BCUT2D eigenvalue weighted by atomic mass is 9.96. The summed E-state index contributed by atoms with van der Waals surface area (Å²) in [5, 5.41) is 4.59. The number of hydrogen-bond donors (Lipinski definition) is 0. The Morgan fingerprint density at radius 2 is 1.48 bits per heavy atom. The van der Waals surface area contributed by atoms with Gasteiger partial charge < -0.3 is 4.42 Å². The number of rotatable bonds is 3. The second-order valence-corrected chi connectivity index (χ2v) is 5.41. The van der Waals surface area contributed by atoms with Gasteiger partial charge in [-0.15, -0.1) is 0 Å². The molecule has 0 atom stereocenters. The number of carbonyl (C=O) groups is 1. The summed E-state index contributed by atoms with van der Waals surface area (Å²) in [6, 6.07) is 22.0. The highest BCUT2D eigenvalue weighted by molar-refractivity contribution is 6.11. The average molecular weight is 298 g/mol. The van der Waals surface area contributed by atoms with E-state index in [2.05, 4.69) is 30.3 Å². The molecule has 0 spiro atoms. The quantitative estimate of drug-likeness (QED) is 0.285. The molecule has 0 amide bonds. The van der Waals surface area contributed by atoms with E-state index in [0.29, 0.717) is 5.76 Å². The Morgan fingerprint density at radius 3 is 2.09 bits per heavy atom. The summed E-state index contributed by atoms with van der Waals surface area (Å²) >= 11 is 0. The molecule has 0 bridgehead atoms. The molecule has 0 fully saturated rings. The van der Waals surface area contributed by atoms with Crippen LogP contribution in [0.15, 0.2) is 83.5 Å². The molecule has 2 nitrogen and oxygen atoms in total. The van der Waals surface area contributed by atoms with E-state index in [1.165, 1.54) is 6.26 Å². The Bertz CT molecular complexity index is 970. The average Bonchev–Trinajstić information content (AvgIpc) is 3.13. The van der Waals surface area contributed by atoms with Crippen LogP contribution in [0.2, 0.25) is 0 Å². The Labute approximate surface area is 133 Å². The predicted molar refractivity (Wildman–Crippen MR) is 93.5 cm³/mol. The summed E-state index contributed by atoms with van der Waals surface area (Å²) in [6.45, 7) is 0. The van der Waals surface area contributed by atoms with Gasteiger partial charge in [-0.3, -0.25) is 4.79 Å². The fourth-order valence-corrected chi connectivity index (χ4v) is 2.89. The number of hydrogen-bond acceptors (Lipinski definition) is 2. The van der Waals surface area contributed by atoms with Gasteiger partial charge in [-0.05, 0) is 57.5 Å². The van der Waals surface area contributed by atoms with Crippen molar-refractivity contribution in [2.75, 3.05) is 0 Å². The van der Waals surface area contributed by atoms with Gasteiger partial charge in [0.2, 0.25) is 5.78 Å². The molecule has 0 radical (unpaired) electrons. The van der Waals surface area contributed by atoms with Gasteiger partial charge in [0.25, 0.3) is 0 Å². The Kier molecular flexibility index (Phi) is 3.28. The molecule has 3 aromatic carbocycles. The lowest BCUT2D eigenvalue weighted by Gasteiger charge is -2.08. The van der Waals surface area contributed by atoms with E-state index in [0.717, 1.165) is 27.1 Å². The van der Waals surface area contributed by atoms with Crippen LogP contribution in [0.3, 0.4) is 0 Å². The SMILES string of the molecule is O=C(/C=C\c1c2ccccc2cc2ccccc12)c1ccco1. The first kappa shape index (κ1) is 13.5. The van der Waals surface area contributed by atoms with Crippen molar-refractivity contribution in [2.24, 2.45) is 0 Å². The van der Waals surface area contributed by atoms with Gasteiger partial charge in [0.1, 0.15) is 0 Å². The standard InChI is InChI=1S/C21H14O2/c22-20(21-10-5-13-23-21)12-11-19-17-8-3-1-6-15(17)14-16-7-2-4-9-18(16)19/h1-14H/b12-11-. The minimum atomic E-state index is -0.132. The number of carbonyl (C=O) groups excluding carboxylic acids is 1. The van der Waals surface area contributed by atoms with E-state index < -0.39 is 0 Å². The van der Waals surface area contributed by atoms with Crippen LogP contribution in [0.4, 0.5) is 0 Å².